The molecule has 1 fully saturated rings. The van der Waals surface area contributed by atoms with Crippen molar-refractivity contribution in [3.8, 4) is 0 Å². The van der Waals surface area contributed by atoms with Crippen LogP contribution in [0.15, 0.2) is 30.4 Å². The van der Waals surface area contributed by atoms with Gasteiger partial charge in [-0.05, 0) is 50.3 Å². The second-order valence-corrected chi connectivity index (χ2v) is 10.1. The number of rotatable bonds is 10. The van der Waals surface area contributed by atoms with Crippen molar-refractivity contribution in [2.75, 3.05) is 6.54 Å². The number of nitrogens with one attached hydrogen (secondary N) is 1. The molecule has 1 heterocycles. The number of carbonyl (C=O) groups excluding carboxylic acids is 4. The monoisotopic (exact) mass is 521 g/mol. The quantitative estimate of drug-likeness (QED) is 0.366. The van der Waals surface area contributed by atoms with Gasteiger partial charge in [-0.1, -0.05) is 55.3 Å². The maximum Gasteiger partial charge on any atom is 0.243 e. The average Bonchev–Trinajstić information content (AvgIpc) is 3.08. The normalized spacial score (nSPS) is 21.0. The molecule has 1 saturated heterocycles. The average molecular weight is 522 g/mol. The fourth-order valence-electron chi connectivity index (χ4n) is 4.63. The minimum Gasteiger partial charge on any atom is -0.352 e. The number of allylic oxidation sites excluding steroid dienone is 2. The second kappa shape index (κ2) is 12.0. The van der Waals surface area contributed by atoms with Crippen LogP contribution >= 0.6 is 23.2 Å². The van der Waals surface area contributed by atoms with E-state index in [0.29, 0.717) is 34.9 Å². The highest BCUT2D eigenvalue weighted by molar-refractivity contribution is 6.35. The molecule has 7 nitrogen and oxygen atoms in total. The van der Waals surface area contributed by atoms with E-state index in [9.17, 15) is 19.2 Å². The van der Waals surface area contributed by atoms with Gasteiger partial charge in [-0.15, -0.1) is 0 Å². The van der Waals surface area contributed by atoms with Crippen LogP contribution in [0.2, 0.25) is 10.0 Å². The Hall–Kier alpha value is -2.38. The zero-order valence-corrected chi connectivity index (χ0v) is 21.9. The lowest BCUT2D eigenvalue weighted by molar-refractivity contribution is -0.144. The van der Waals surface area contributed by atoms with Crippen molar-refractivity contribution >= 4 is 46.8 Å². The van der Waals surface area contributed by atoms with Crippen molar-refractivity contribution in [1.82, 2.24) is 15.1 Å². The number of nitrogens with zero attached hydrogens (tertiary/aromatic N) is 2. The van der Waals surface area contributed by atoms with Crippen LogP contribution in [0.25, 0.3) is 0 Å². The van der Waals surface area contributed by atoms with E-state index in [-0.39, 0.29) is 61.0 Å². The highest BCUT2D eigenvalue weighted by Crippen LogP contribution is 2.35. The Labute approximate surface area is 216 Å². The lowest BCUT2D eigenvalue weighted by Gasteiger charge is -2.32. The van der Waals surface area contributed by atoms with E-state index in [1.165, 1.54) is 9.80 Å². The summed E-state index contributed by atoms with van der Waals surface area (Å²) in [5, 5.41) is 3.83. The summed E-state index contributed by atoms with van der Waals surface area (Å²) in [6, 6.07) is 4.25. The first-order valence-corrected chi connectivity index (χ1v) is 13.0. The van der Waals surface area contributed by atoms with Gasteiger partial charge in [0, 0.05) is 35.6 Å². The fraction of sp³-hybridized carbons (Fsp3) is 0.538. The first-order valence-electron chi connectivity index (χ1n) is 12.2. The molecule has 1 aromatic rings. The van der Waals surface area contributed by atoms with E-state index in [1.807, 2.05) is 32.9 Å². The molecule has 0 spiro atoms. The smallest absolute Gasteiger partial charge is 0.243 e. The SMILES string of the molecule is CC[C@H](C(=O)N[C@@H](C)CC)N(Cc1ccc(Cl)cc1Cl)C(=O)CCN1C(=O)[C@H]2CC=CC[C@H]2C1=O. The van der Waals surface area contributed by atoms with Crippen molar-refractivity contribution in [2.45, 2.75) is 71.5 Å². The van der Waals surface area contributed by atoms with Crippen LogP contribution in [0.5, 0.6) is 0 Å². The summed E-state index contributed by atoms with van der Waals surface area (Å²) >= 11 is 12.4. The summed E-state index contributed by atoms with van der Waals surface area (Å²) in [5.41, 5.74) is 0.657. The first-order chi connectivity index (χ1) is 16.7. The number of imide groups is 1. The Morgan fingerprint density at radius 3 is 2.26 bits per heavy atom. The third-order valence-corrected chi connectivity index (χ3v) is 7.48. The van der Waals surface area contributed by atoms with Gasteiger partial charge in [0.15, 0.2) is 0 Å². The Kier molecular flexibility index (Phi) is 9.36. The summed E-state index contributed by atoms with van der Waals surface area (Å²) < 4.78 is 0. The molecule has 3 rings (SSSR count). The van der Waals surface area contributed by atoms with Gasteiger partial charge in [-0.3, -0.25) is 24.1 Å². The lowest BCUT2D eigenvalue weighted by Crippen LogP contribution is -2.51. The number of likely N-dealkylation sites (tertiary alicyclic amines) is 1. The van der Waals surface area contributed by atoms with Gasteiger partial charge >= 0.3 is 0 Å². The van der Waals surface area contributed by atoms with E-state index >= 15 is 0 Å². The molecule has 1 aliphatic heterocycles. The van der Waals surface area contributed by atoms with Crippen molar-refractivity contribution in [3.63, 3.8) is 0 Å². The summed E-state index contributed by atoms with van der Waals surface area (Å²) in [6.07, 6.45) is 6.05. The number of carbonyl (C=O) groups is 4. The molecule has 0 aromatic heterocycles. The van der Waals surface area contributed by atoms with E-state index in [1.54, 1.807) is 18.2 Å². The molecule has 1 aliphatic carbocycles. The molecule has 0 unspecified atom stereocenters. The number of hydrogen-bond acceptors (Lipinski definition) is 4. The zero-order valence-electron chi connectivity index (χ0n) is 20.4. The molecule has 2 aliphatic rings. The minimum atomic E-state index is -0.722. The molecule has 35 heavy (non-hydrogen) atoms. The Morgan fingerprint density at radius 1 is 1.09 bits per heavy atom. The van der Waals surface area contributed by atoms with E-state index in [4.69, 9.17) is 23.2 Å². The molecule has 9 heteroatoms. The molecule has 0 bridgehead atoms. The molecule has 1 N–H and O–H groups in total. The van der Waals surface area contributed by atoms with Gasteiger partial charge in [0.2, 0.25) is 23.6 Å². The Morgan fingerprint density at radius 2 is 1.71 bits per heavy atom. The lowest BCUT2D eigenvalue weighted by atomic mass is 9.85. The van der Waals surface area contributed by atoms with Crippen LogP contribution in [0.4, 0.5) is 0 Å². The molecule has 190 valence electrons. The van der Waals surface area contributed by atoms with Gasteiger partial charge in [0.05, 0.1) is 11.8 Å². The topological polar surface area (TPSA) is 86.8 Å². The van der Waals surface area contributed by atoms with Crippen molar-refractivity contribution in [1.29, 1.82) is 0 Å². The maximum absolute atomic E-state index is 13.5. The van der Waals surface area contributed by atoms with Gasteiger partial charge in [0.1, 0.15) is 6.04 Å². The van der Waals surface area contributed by atoms with Crippen LogP contribution in [0, 0.1) is 11.8 Å². The van der Waals surface area contributed by atoms with Gasteiger partial charge in [0.25, 0.3) is 0 Å². The van der Waals surface area contributed by atoms with Crippen LogP contribution in [0.1, 0.15) is 58.4 Å². The number of amides is 4. The molecule has 1 aromatic carbocycles. The number of hydrogen-bond donors (Lipinski definition) is 1. The van der Waals surface area contributed by atoms with Crippen LogP contribution in [0.3, 0.4) is 0 Å². The highest BCUT2D eigenvalue weighted by atomic mass is 35.5. The van der Waals surface area contributed by atoms with Gasteiger partial charge in [-0.2, -0.15) is 0 Å². The van der Waals surface area contributed by atoms with Crippen molar-refractivity contribution < 1.29 is 19.2 Å². The fourth-order valence-corrected chi connectivity index (χ4v) is 5.10. The van der Waals surface area contributed by atoms with Crippen LogP contribution in [-0.4, -0.2) is 52.1 Å². The predicted molar refractivity (Wildman–Crippen MR) is 136 cm³/mol. The van der Waals surface area contributed by atoms with E-state index in [0.717, 1.165) is 6.42 Å². The van der Waals surface area contributed by atoms with E-state index < -0.39 is 6.04 Å². The largest absolute Gasteiger partial charge is 0.352 e. The zero-order chi connectivity index (χ0) is 25.7. The van der Waals surface area contributed by atoms with Crippen molar-refractivity contribution in [2.24, 2.45) is 11.8 Å². The molecule has 0 radical (unpaired) electrons. The number of fused-ring (bicyclic) bond motifs is 1. The Bertz CT molecular complexity index is 986. The third-order valence-electron chi connectivity index (χ3n) is 6.89. The number of benzene rings is 1. The summed E-state index contributed by atoms with van der Waals surface area (Å²) in [6.45, 7) is 5.83. The molecule has 4 atom stereocenters. The minimum absolute atomic E-state index is 0.00222. The summed E-state index contributed by atoms with van der Waals surface area (Å²) in [7, 11) is 0. The molecule has 4 amide bonds. The second-order valence-electron chi connectivity index (χ2n) is 9.23. The first kappa shape index (κ1) is 27.2. The predicted octanol–water partition coefficient (Wildman–Crippen LogP) is 4.36. The summed E-state index contributed by atoms with van der Waals surface area (Å²) in [5.74, 6) is -1.67. The van der Waals surface area contributed by atoms with Crippen molar-refractivity contribution in [3.05, 3.63) is 46.0 Å². The van der Waals surface area contributed by atoms with Gasteiger partial charge in [-0.25, -0.2) is 0 Å². The van der Waals surface area contributed by atoms with E-state index in [2.05, 4.69) is 5.32 Å². The van der Waals surface area contributed by atoms with Crippen LogP contribution < -0.4 is 5.32 Å². The number of halogens is 2. The third kappa shape index (κ3) is 6.25. The maximum atomic E-state index is 13.5. The molecule has 0 saturated carbocycles. The Balaban J connectivity index is 1.79. The molecular weight excluding hydrogens is 489 g/mol. The molecular formula is C26H33Cl2N3O4. The van der Waals surface area contributed by atoms with Gasteiger partial charge < -0.3 is 10.2 Å². The van der Waals surface area contributed by atoms with Crippen LogP contribution in [-0.2, 0) is 25.7 Å². The summed E-state index contributed by atoms with van der Waals surface area (Å²) in [4.78, 5) is 54.9. The highest BCUT2D eigenvalue weighted by Gasteiger charge is 2.47. The standard InChI is InChI=1S/C26H33Cl2N3O4/c1-4-16(3)29-24(33)22(5-2)31(15-17-10-11-18(27)14-21(17)28)23(32)12-13-30-25(34)19-8-6-7-9-20(19)26(30)35/h6-7,10-11,14,16,19-20,22H,4-5,8-9,12-13,15H2,1-3H3,(H,29,33)/t16-,19-,20+,22+/m0/s1.